The summed E-state index contributed by atoms with van der Waals surface area (Å²) >= 11 is 0. The molecular formula is C16H16FN5O3S. The summed E-state index contributed by atoms with van der Waals surface area (Å²) in [5.74, 6) is -1.62. The lowest BCUT2D eigenvalue weighted by atomic mass is 9.87. The molecule has 10 heteroatoms. The molecule has 3 rings (SSSR count). The maximum Gasteiger partial charge on any atom is 0.254 e. The van der Waals surface area contributed by atoms with E-state index < -0.39 is 33.0 Å². The molecule has 2 aromatic rings. The number of hydrogen-bond donors (Lipinski definition) is 2. The van der Waals surface area contributed by atoms with Gasteiger partial charge < -0.3 is 11.1 Å². The van der Waals surface area contributed by atoms with Crippen LogP contribution in [0.25, 0.3) is 0 Å². The van der Waals surface area contributed by atoms with Crippen LogP contribution in [0.3, 0.4) is 0 Å². The van der Waals surface area contributed by atoms with Gasteiger partial charge in [0.15, 0.2) is 15.7 Å². The molecule has 3 N–H and O–H groups in total. The van der Waals surface area contributed by atoms with Gasteiger partial charge in [0.1, 0.15) is 11.4 Å². The third-order valence-corrected chi connectivity index (χ3v) is 6.21. The Balaban J connectivity index is 2.01. The van der Waals surface area contributed by atoms with Gasteiger partial charge in [-0.05, 0) is 31.2 Å². The highest BCUT2D eigenvalue weighted by Crippen LogP contribution is 2.40. The van der Waals surface area contributed by atoms with Gasteiger partial charge in [0, 0.05) is 11.9 Å². The minimum Gasteiger partial charge on any atom is -0.365 e. The van der Waals surface area contributed by atoms with Crippen LogP contribution in [0.1, 0.15) is 23.3 Å². The van der Waals surface area contributed by atoms with E-state index in [0.29, 0.717) is 5.69 Å². The van der Waals surface area contributed by atoms with Crippen molar-refractivity contribution in [2.75, 3.05) is 16.8 Å². The fraction of sp³-hybridized carbons (Fsp3) is 0.312. The van der Waals surface area contributed by atoms with E-state index in [1.807, 2.05) is 6.07 Å². The van der Waals surface area contributed by atoms with E-state index in [1.165, 1.54) is 35.1 Å². The van der Waals surface area contributed by atoms with Crippen LogP contribution in [0.15, 0.2) is 30.5 Å². The first-order valence-electron chi connectivity index (χ1n) is 7.67. The first-order valence-corrected chi connectivity index (χ1v) is 9.49. The number of aromatic nitrogens is 2. The average Bonchev–Trinajstić information content (AvgIpc) is 3.08. The summed E-state index contributed by atoms with van der Waals surface area (Å²) in [6.07, 6.45) is 1.33. The molecule has 1 fully saturated rings. The van der Waals surface area contributed by atoms with Gasteiger partial charge in [-0.3, -0.25) is 9.48 Å². The number of rotatable bonds is 4. The minimum absolute atomic E-state index is 0.0407. The number of nitriles is 1. The average molecular weight is 377 g/mol. The molecule has 0 spiro atoms. The zero-order chi connectivity index (χ0) is 19.1. The Labute approximate surface area is 149 Å². The summed E-state index contributed by atoms with van der Waals surface area (Å²) in [7, 11) is -3.41. The number of nitrogens with one attached hydrogen (secondary N) is 1. The van der Waals surface area contributed by atoms with E-state index in [-0.39, 0.29) is 22.9 Å². The van der Waals surface area contributed by atoms with Crippen LogP contribution in [0.5, 0.6) is 0 Å². The SMILES string of the molecule is C[C@]1(C#N)CS(=O)(=O)C[C@H]1n1cc(C(N)=O)c(Nc2ccc(F)cc2)n1. The highest BCUT2D eigenvalue weighted by molar-refractivity contribution is 7.91. The summed E-state index contributed by atoms with van der Waals surface area (Å²) in [4.78, 5) is 11.7. The molecule has 1 aliphatic rings. The van der Waals surface area contributed by atoms with Crippen LogP contribution in [-0.4, -0.2) is 35.6 Å². The smallest absolute Gasteiger partial charge is 0.254 e. The highest BCUT2D eigenvalue weighted by atomic mass is 32.2. The van der Waals surface area contributed by atoms with Gasteiger partial charge in [-0.2, -0.15) is 10.4 Å². The van der Waals surface area contributed by atoms with Crippen molar-refractivity contribution < 1.29 is 17.6 Å². The normalized spacial score (nSPS) is 24.1. The van der Waals surface area contributed by atoms with Crippen molar-refractivity contribution in [1.29, 1.82) is 5.26 Å². The van der Waals surface area contributed by atoms with E-state index >= 15 is 0 Å². The first-order chi connectivity index (χ1) is 12.1. The topological polar surface area (TPSA) is 131 Å². The molecule has 1 aliphatic heterocycles. The molecule has 2 heterocycles. The third kappa shape index (κ3) is 3.25. The Morgan fingerprint density at radius 1 is 1.46 bits per heavy atom. The number of nitrogens with two attached hydrogens (primary N) is 1. The maximum atomic E-state index is 13.0. The summed E-state index contributed by atoms with van der Waals surface area (Å²) in [5, 5.41) is 16.5. The quantitative estimate of drug-likeness (QED) is 0.827. The van der Waals surface area contributed by atoms with Gasteiger partial charge in [0.05, 0.1) is 29.0 Å². The molecule has 1 amide bonds. The number of sulfone groups is 1. The predicted octanol–water partition coefficient (Wildman–Crippen LogP) is 1.36. The minimum atomic E-state index is -3.41. The summed E-state index contributed by atoms with van der Waals surface area (Å²) in [5.41, 5.74) is 4.72. The largest absolute Gasteiger partial charge is 0.365 e. The lowest BCUT2D eigenvalue weighted by Gasteiger charge is -2.22. The van der Waals surface area contributed by atoms with E-state index in [0.717, 1.165) is 0 Å². The fourth-order valence-electron chi connectivity index (χ4n) is 3.01. The van der Waals surface area contributed by atoms with Gasteiger partial charge >= 0.3 is 0 Å². The van der Waals surface area contributed by atoms with Gasteiger partial charge in [0.25, 0.3) is 5.91 Å². The second kappa shape index (κ2) is 6.10. The van der Waals surface area contributed by atoms with E-state index in [2.05, 4.69) is 10.4 Å². The standard InChI is InChI=1S/C16H16FN5O3S/c1-16(8-18)9-26(24,25)7-13(16)22-6-12(14(19)23)15(21-22)20-11-4-2-10(17)3-5-11/h2-6,13H,7,9H2,1H3,(H2,19,23)(H,20,21)/t13-,16+/m1/s1. The summed E-state index contributed by atoms with van der Waals surface area (Å²) < 4.78 is 38.3. The van der Waals surface area contributed by atoms with E-state index in [9.17, 15) is 22.9 Å². The van der Waals surface area contributed by atoms with Crippen LogP contribution >= 0.6 is 0 Å². The molecule has 8 nitrogen and oxygen atoms in total. The predicted molar refractivity (Wildman–Crippen MR) is 91.8 cm³/mol. The number of anilines is 2. The van der Waals surface area contributed by atoms with Crippen molar-refractivity contribution >= 4 is 27.2 Å². The monoisotopic (exact) mass is 377 g/mol. The van der Waals surface area contributed by atoms with Crippen molar-refractivity contribution in [3.8, 4) is 6.07 Å². The number of primary amides is 1. The second-order valence-electron chi connectivity index (χ2n) is 6.47. The number of nitrogens with zero attached hydrogens (tertiary/aromatic N) is 3. The number of benzene rings is 1. The molecule has 0 aliphatic carbocycles. The fourth-order valence-corrected chi connectivity index (χ4v) is 5.30. The molecule has 1 aromatic carbocycles. The van der Waals surface area contributed by atoms with Gasteiger partial charge in [-0.15, -0.1) is 0 Å². The van der Waals surface area contributed by atoms with E-state index in [1.54, 1.807) is 6.92 Å². The number of carbonyl (C=O) groups is 1. The molecule has 0 saturated carbocycles. The van der Waals surface area contributed by atoms with Gasteiger partial charge in [0.2, 0.25) is 0 Å². The summed E-state index contributed by atoms with van der Waals surface area (Å²) in [6.45, 7) is 1.54. The van der Waals surface area contributed by atoms with Gasteiger partial charge in [-0.1, -0.05) is 0 Å². The number of carbonyl (C=O) groups excluding carboxylic acids is 1. The number of amides is 1. The maximum absolute atomic E-state index is 13.0. The van der Waals surface area contributed by atoms with Crippen LogP contribution in [0, 0.1) is 22.6 Å². The highest BCUT2D eigenvalue weighted by Gasteiger charge is 2.49. The van der Waals surface area contributed by atoms with Crippen LogP contribution in [0.2, 0.25) is 0 Å². The zero-order valence-electron chi connectivity index (χ0n) is 13.8. The molecular weight excluding hydrogens is 361 g/mol. The second-order valence-corrected chi connectivity index (χ2v) is 8.58. The lowest BCUT2D eigenvalue weighted by Crippen LogP contribution is -2.27. The Morgan fingerprint density at radius 3 is 2.69 bits per heavy atom. The Bertz CT molecular complexity index is 1010. The molecule has 0 unspecified atom stereocenters. The van der Waals surface area contributed by atoms with Crippen molar-refractivity contribution in [1.82, 2.24) is 9.78 Å². The molecule has 0 bridgehead atoms. The Hall–Kier alpha value is -2.93. The molecule has 26 heavy (non-hydrogen) atoms. The van der Waals surface area contributed by atoms with Gasteiger partial charge in [-0.25, -0.2) is 12.8 Å². The molecule has 0 radical (unpaired) electrons. The van der Waals surface area contributed by atoms with E-state index in [4.69, 9.17) is 5.73 Å². The molecule has 1 saturated heterocycles. The van der Waals surface area contributed by atoms with Crippen LogP contribution < -0.4 is 11.1 Å². The van der Waals surface area contributed by atoms with Crippen LogP contribution in [0.4, 0.5) is 15.9 Å². The van der Waals surface area contributed by atoms with Crippen molar-refractivity contribution in [3.05, 3.63) is 41.8 Å². The molecule has 2 atom stereocenters. The van der Waals surface area contributed by atoms with Crippen molar-refractivity contribution in [2.24, 2.45) is 11.1 Å². The Morgan fingerprint density at radius 2 is 2.12 bits per heavy atom. The van der Waals surface area contributed by atoms with Crippen molar-refractivity contribution in [3.63, 3.8) is 0 Å². The van der Waals surface area contributed by atoms with Crippen LogP contribution in [-0.2, 0) is 9.84 Å². The lowest BCUT2D eigenvalue weighted by molar-refractivity contribution is 0.100. The third-order valence-electron chi connectivity index (χ3n) is 4.35. The number of hydrogen-bond acceptors (Lipinski definition) is 6. The molecule has 1 aromatic heterocycles. The van der Waals surface area contributed by atoms with Crippen molar-refractivity contribution in [2.45, 2.75) is 13.0 Å². The molecule has 136 valence electrons. The Kier molecular flexibility index (Phi) is 4.20. The number of halogens is 1. The summed E-state index contributed by atoms with van der Waals surface area (Å²) in [6, 6.07) is 6.67. The first kappa shape index (κ1) is 17.9. The zero-order valence-corrected chi connectivity index (χ0v) is 14.6.